The average Bonchev–Trinajstić information content (AvgIpc) is 2.87. The van der Waals surface area contributed by atoms with Crippen LogP contribution in [0.1, 0.15) is 20.8 Å². The average molecular weight is 328 g/mol. The van der Waals surface area contributed by atoms with Crippen molar-refractivity contribution in [1.82, 2.24) is 9.97 Å². The van der Waals surface area contributed by atoms with Crippen LogP contribution in [0.4, 0.5) is 0 Å². The fourth-order valence-corrected chi connectivity index (χ4v) is 3.26. The van der Waals surface area contributed by atoms with E-state index in [2.05, 4.69) is 9.97 Å². The minimum absolute atomic E-state index is 0.0758. The molecule has 2 heterocycles. The van der Waals surface area contributed by atoms with Crippen LogP contribution in [-0.2, 0) is 0 Å². The number of thiophene rings is 1. The molecule has 2 aromatic heterocycles. The van der Waals surface area contributed by atoms with Gasteiger partial charge >= 0.3 is 0 Å². The molecule has 23 heavy (non-hydrogen) atoms. The van der Waals surface area contributed by atoms with E-state index in [1.54, 1.807) is 42.7 Å². The van der Waals surface area contributed by atoms with E-state index in [1.165, 1.54) is 11.2 Å². The van der Waals surface area contributed by atoms with Crippen LogP contribution in [0.15, 0.2) is 30.6 Å². The van der Waals surface area contributed by atoms with Gasteiger partial charge in [0.25, 0.3) is 0 Å². The number of Topliss-reactive ketones (excluding diaryl/α,β-unsaturated/α-hetero) is 1. The Balaban J connectivity index is 1.82. The molecule has 0 aliphatic heterocycles. The molecule has 0 saturated carbocycles. The molecule has 0 atom stereocenters. The summed E-state index contributed by atoms with van der Waals surface area (Å²) < 4.78 is 10.8. The van der Waals surface area contributed by atoms with Crippen LogP contribution in [0.2, 0.25) is 0 Å². The number of ketones is 1. The maximum absolute atomic E-state index is 12.3. The van der Waals surface area contributed by atoms with E-state index in [0.29, 0.717) is 17.2 Å². The van der Waals surface area contributed by atoms with Crippen molar-refractivity contribution in [2.45, 2.75) is 13.8 Å². The van der Waals surface area contributed by atoms with Crippen LogP contribution in [0.5, 0.6) is 11.6 Å². The van der Waals surface area contributed by atoms with Crippen molar-refractivity contribution in [3.8, 4) is 11.6 Å². The van der Waals surface area contributed by atoms with E-state index in [9.17, 15) is 4.79 Å². The van der Waals surface area contributed by atoms with Gasteiger partial charge in [-0.25, -0.2) is 9.97 Å². The summed E-state index contributed by atoms with van der Waals surface area (Å²) in [6, 6.07) is 7.01. The Bertz CT molecular complexity index is 873. The standard InChI is InChI=1S/C17H16N2O3S/c1-10-11(2)23-17-15(10)16(18-9-19-17)22-8-14(20)12-5-4-6-13(7-12)21-3/h4-7,9H,8H2,1-3H3. The summed E-state index contributed by atoms with van der Waals surface area (Å²) in [6.07, 6.45) is 1.46. The van der Waals surface area contributed by atoms with Gasteiger partial charge in [0, 0.05) is 10.4 Å². The maximum Gasteiger partial charge on any atom is 0.226 e. The minimum Gasteiger partial charge on any atom is -0.497 e. The lowest BCUT2D eigenvalue weighted by atomic mass is 10.1. The monoisotopic (exact) mass is 328 g/mol. The highest BCUT2D eigenvalue weighted by atomic mass is 32.1. The number of methoxy groups -OCH3 is 1. The van der Waals surface area contributed by atoms with E-state index >= 15 is 0 Å². The van der Waals surface area contributed by atoms with Crippen LogP contribution in [0.3, 0.4) is 0 Å². The van der Waals surface area contributed by atoms with Crippen molar-refractivity contribution < 1.29 is 14.3 Å². The number of rotatable bonds is 5. The minimum atomic E-state index is -0.125. The number of fused-ring (bicyclic) bond motifs is 1. The third-order valence-electron chi connectivity index (χ3n) is 3.66. The van der Waals surface area contributed by atoms with Crippen molar-refractivity contribution in [1.29, 1.82) is 0 Å². The molecule has 0 aliphatic rings. The number of carbonyl (C=O) groups is 1. The van der Waals surface area contributed by atoms with Crippen LogP contribution >= 0.6 is 11.3 Å². The molecule has 118 valence electrons. The van der Waals surface area contributed by atoms with Gasteiger partial charge in [-0.1, -0.05) is 12.1 Å². The highest BCUT2D eigenvalue weighted by Crippen LogP contribution is 2.33. The number of ether oxygens (including phenoxy) is 2. The second-order valence-electron chi connectivity index (χ2n) is 5.09. The summed E-state index contributed by atoms with van der Waals surface area (Å²) in [5, 5.41) is 0.883. The first kappa shape index (κ1) is 15.4. The summed E-state index contributed by atoms with van der Waals surface area (Å²) in [5.74, 6) is 0.970. The summed E-state index contributed by atoms with van der Waals surface area (Å²) in [7, 11) is 1.57. The zero-order valence-corrected chi connectivity index (χ0v) is 13.9. The Labute approximate surface area is 137 Å². The molecule has 0 fully saturated rings. The number of hydrogen-bond acceptors (Lipinski definition) is 6. The molecule has 3 aromatic rings. The Morgan fingerprint density at radius 1 is 1.26 bits per heavy atom. The molecule has 6 heteroatoms. The number of nitrogens with zero attached hydrogens (tertiary/aromatic N) is 2. The zero-order valence-electron chi connectivity index (χ0n) is 13.1. The molecule has 0 N–H and O–H groups in total. The lowest BCUT2D eigenvalue weighted by Gasteiger charge is -2.07. The number of carbonyl (C=O) groups excluding carboxylic acids is 1. The van der Waals surface area contributed by atoms with Gasteiger partial charge in [0.1, 0.15) is 16.9 Å². The molecule has 0 radical (unpaired) electrons. The molecule has 0 aliphatic carbocycles. The lowest BCUT2D eigenvalue weighted by Crippen LogP contribution is -2.12. The molecular weight excluding hydrogens is 312 g/mol. The molecule has 5 nitrogen and oxygen atoms in total. The predicted octanol–water partition coefficient (Wildman–Crippen LogP) is 3.58. The smallest absolute Gasteiger partial charge is 0.226 e. The third kappa shape index (κ3) is 3.03. The quantitative estimate of drug-likeness (QED) is 0.670. The number of hydrogen-bond donors (Lipinski definition) is 0. The fourth-order valence-electron chi connectivity index (χ4n) is 2.27. The molecule has 0 spiro atoms. The normalized spacial score (nSPS) is 10.7. The summed E-state index contributed by atoms with van der Waals surface area (Å²) >= 11 is 1.60. The van der Waals surface area contributed by atoms with Gasteiger partial charge in [-0.05, 0) is 31.5 Å². The van der Waals surface area contributed by atoms with Crippen molar-refractivity contribution >= 4 is 27.3 Å². The first-order valence-electron chi connectivity index (χ1n) is 7.11. The first-order valence-corrected chi connectivity index (χ1v) is 7.92. The highest BCUT2D eigenvalue weighted by Gasteiger charge is 2.15. The molecular formula is C17H16N2O3S. The van der Waals surface area contributed by atoms with Gasteiger partial charge in [-0.15, -0.1) is 11.3 Å². The lowest BCUT2D eigenvalue weighted by molar-refractivity contribution is 0.0919. The molecule has 1 aromatic carbocycles. The Morgan fingerprint density at radius 3 is 2.87 bits per heavy atom. The second-order valence-corrected chi connectivity index (χ2v) is 6.29. The van der Waals surface area contributed by atoms with Gasteiger partial charge in [-0.3, -0.25) is 4.79 Å². The summed E-state index contributed by atoms with van der Waals surface area (Å²) in [6.45, 7) is 3.97. The zero-order chi connectivity index (χ0) is 16.4. The van der Waals surface area contributed by atoms with Gasteiger partial charge < -0.3 is 9.47 Å². The van der Waals surface area contributed by atoms with Gasteiger partial charge in [0.05, 0.1) is 12.5 Å². The maximum atomic E-state index is 12.3. The van der Waals surface area contributed by atoms with Gasteiger partial charge in [-0.2, -0.15) is 0 Å². The van der Waals surface area contributed by atoms with E-state index in [-0.39, 0.29) is 12.4 Å². The fraction of sp³-hybridized carbons (Fsp3) is 0.235. The van der Waals surface area contributed by atoms with Gasteiger partial charge in [0.2, 0.25) is 5.88 Å². The molecule has 0 unspecified atom stereocenters. The van der Waals surface area contributed by atoms with Gasteiger partial charge in [0.15, 0.2) is 12.4 Å². The van der Waals surface area contributed by atoms with E-state index in [0.717, 1.165) is 15.8 Å². The number of aryl methyl sites for hydroxylation is 2. The van der Waals surface area contributed by atoms with Crippen LogP contribution in [-0.4, -0.2) is 29.5 Å². The molecule has 0 amide bonds. The topological polar surface area (TPSA) is 61.3 Å². The first-order chi connectivity index (χ1) is 11.1. The van der Waals surface area contributed by atoms with E-state index in [1.807, 2.05) is 13.8 Å². The Morgan fingerprint density at radius 2 is 2.09 bits per heavy atom. The largest absolute Gasteiger partial charge is 0.497 e. The van der Waals surface area contributed by atoms with E-state index in [4.69, 9.17) is 9.47 Å². The van der Waals surface area contributed by atoms with E-state index < -0.39 is 0 Å². The molecule has 3 rings (SSSR count). The van der Waals surface area contributed by atoms with Crippen LogP contribution in [0.25, 0.3) is 10.2 Å². The predicted molar refractivity (Wildman–Crippen MR) is 89.7 cm³/mol. The molecule has 0 saturated heterocycles. The number of benzene rings is 1. The van der Waals surface area contributed by atoms with Crippen molar-refractivity contribution in [2.24, 2.45) is 0 Å². The van der Waals surface area contributed by atoms with Crippen molar-refractivity contribution in [3.05, 3.63) is 46.6 Å². The highest BCUT2D eigenvalue weighted by molar-refractivity contribution is 7.18. The third-order valence-corrected chi connectivity index (χ3v) is 4.78. The SMILES string of the molecule is COc1cccc(C(=O)COc2ncnc3sc(C)c(C)c23)c1. The Kier molecular flexibility index (Phi) is 4.25. The summed E-state index contributed by atoms with van der Waals surface area (Å²) in [4.78, 5) is 22.8. The van der Waals surface area contributed by atoms with Crippen molar-refractivity contribution in [2.75, 3.05) is 13.7 Å². The van der Waals surface area contributed by atoms with Crippen LogP contribution < -0.4 is 9.47 Å². The molecule has 0 bridgehead atoms. The Hall–Kier alpha value is -2.47. The van der Waals surface area contributed by atoms with Crippen LogP contribution in [0, 0.1) is 13.8 Å². The van der Waals surface area contributed by atoms with Crippen molar-refractivity contribution in [3.63, 3.8) is 0 Å². The number of aromatic nitrogens is 2. The second kappa shape index (κ2) is 6.34. The summed E-state index contributed by atoms with van der Waals surface area (Å²) in [5.41, 5.74) is 1.64.